The first kappa shape index (κ1) is 28.5. The summed E-state index contributed by atoms with van der Waals surface area (Å²) >= 11 is 0. The maximum Gasteiger partial charge on any atom is 0.225 e. The molecule has 0 atom stereocenters. The molecule has 7 heteroatoms. The minimum atomic E-state index is -0.0543. The molecule has 1 saturated heterocycles. The molecule has 0 unspecified atom stereocenters. The van der Waals surface area contributed by atoms with Crippen molar-refractivity contribution in [3.05, 3.63) is 29.8 Å². The smallest absolute Gasteiger partial charge is 0.225 e. The average molecular weight is 559 g/mol. The largest absolute Gasteiger partial charge is 0.493 e. The number of amides is 1. The first-order valence-corrected chi connectivity index (χ1v) is 11.6. The second kappa shape index (κ2) is 13.3. The van der Waals surface area contributed by atoms with E-state index in [1.807, 2.05) is 18.7 Å². The first-order valence-electron chi connectivity index (χ1n) is 11.6. The summed E-state index contributed by atoms with van der Waals surface area (Å²) < 4.78 is 5.80. The van der Waals surface area contributed by atoms with E-state index in [2.05, 4.69) is 67.6 Å². The van der Waals surface area contributed by atoms with E-state index < -0.39 is 0 Å². The van der Waals surface area contributed by atoms with E-state index in [-0.39, 0.29) is 41.2 Å². The number of guanidine groups is 1. The van der Waals surface area contributed by atoms with E-state index in [9.17, 15) is 4.79 Å². The number of hydrogen-bond donors (Lipinski definition) is 2. The summed E-state index contributed by atoms with van der Waals surface area (Å²) in [5, 5.41) is 7.03. The molecule has 1 aromatic carbocycles. The molecular formula is C25H43IN4O2. The van der Waals surface area contributed by atoms with E-state index >= 15 is 0 Å². The Morgan fingerprint density at radius 3 is 2.25 bits per heavy atom. The summed E-state index contributed by atoms with van der Waals surface area (Å²) in [5.74, 6) is 2.57. The van der Waals surface area contributed by atoms with E-state index in [0.717, 1.165) is 50.8 Å². The number of ether oxygens (including phenoxy) is 1. The molecule has 1 amide bonds. The monoisotopic (exact) mass is 558 g/mol. The van der Waals surface area contributed by atoms with Crippen molar-refractivity contribution in [2.45, 2.75) is 65.8 Å². The van der Waals surface area contributed by atoms with Gasteiger partial charge in [0.05, 0.1) is 6.61 Å². The number of nitrogens with zero attached hydrogens (tertiary/aromatic N) is 2. The molecule has 0 spiro atoms. The van der Waals surface area contributed by atoms with Gasteiger partial charge < -0.3 is 20.3 Å². The number of halogens is 1. The lowest BCUT2D eigenvalue weighted by Gasteiger charge is -2.34. The van der Waals surface area contributed by atoms with Gasteiger partial charge in [0.1, 0.15) is 5.75 Å². The molecule has 0 radical (unpaired) electrons. The lowest BCUT2D eigenvalue weighted by atomic mass is 9.84. The van der Waals surface area contributed by atoms with Crippen LogP contribution in [0.15, 0.2) is 29.3 Å². The van der Waals surface area contributed by atoms with Gasteiger partial charge in [-0.3, -0.25) is 9.79 Å². The lowest BCUT2D eigenvalue weighted by Crippen LogP contribution is -2.51. The van der Waals surface area contributed by atoms with Gasteiger partial charge in [-0.25, -0.2) is 0 Å². The third-order valence-corrected chi connectivity index (χ3v) is 5.78. The molecule has 0 aliphatic carbocycles. The minimum absolute atomic E-state index is 0. The zero-order valence-electron chi connectivity index (χ0n) is 20.9. The van der Waals surface area contributed by atoms with Crippen molar-refractivity contribution < 1.29 is 9.53 Å². The van der Waals surface area contributed by atoms with Crippen LogP contribution in [0.5, 0.6) is 5.75 Å². The van der Waals surface area contributed by atoms with Crippen LogP contribution in [0, 0.1) is 11.8 Å². The van der Waals surface area contributed by atoms with Gasteiger partial charge in [-0.1, -0.05) is 53.7 Å². The van der Waals surface area contributed by atoms with Crippen LogP contribution in [0.2, 0.25) is 0 Å². The SMILES string of the molecule is CN=C(NCC(C)(C)c1ccc(OCC(C)C)cc1)NC1CCN(C(=O)C(C)C)CC1.I. The van der Waals surface area contributed by atoms with Crippen molar-refractivity contribution in [2.75, 3.05) is 33.3 Å². The van der Waals surface area contributed by atoms with Crippen molar-refractivity contribution in [3.63, 3.8) is 0 Å². The molecule has 0 saturated carbocycles. The second-order valence-electron chi connectivity index (χ2n) is 9.94. The summed E-state index contributed by atoms with van der Waals surface area (Å²) in [4.78, 5) is 18.6. The number of nitrogens with one attached hydrogen (secondary N) is 2. The molecule has 1 heterocycles. The van der Waals surface area contributed by atoms with Crippen LogP contribution in [-0.2, 0) is 10.2 Å². The average Bonchev–Trinajstić information content (AvgIpc) is 2.75. The number of aliphatic imine (C=N–C) groups is 1. The summed E-state index contributed by atoms with van der Waals surface area (Å²) in [6.45, 7) is 15.8. The fourth-order valence-electron chi connectivity index (χ4n) is 3.67. The van der Waals surface area contributed by atoms with Gasteiger partial charge in [0.25, 0.3) is 0 Å². The molecule has 1 aliphatic rings. The highest BCUT2D eigenvalue weighted by molar-refractivity contribution is 14.0. The fourth-order valence-corrected chi connectivity index (χ4v) is 3.67. The molecule has 2 rings (SSSR count). The lowest BCUT2D eigenvalue weighted by molar-refractivity contribution is -0.135. The topological polar surface area (TPSA) is 66.0 Å². The summed E-state index contributed by atoms with van der Waals surface area (Å²) in [5.41, 5.74) is 1.20. The van der Waals surface area contributed by atoms with Gasteiger partial charge in [-0.2, -0.15) is 0 Å². The van der Waals surface area contributed by atoms with Crippen LogP contribution in [0.1, 0.15) is 59.9 Å². The number of hydrogen-bond acceptors (Lipinski definition) is 3. The van der Waals surface area contributed by atoms with Crippen LogP contribution >= 0.6 is 24.0 Å². The van der Waals surface area contributed by atoms with Crippen LogP contribution in [0.3, 0.4) is 0 Å². The molecule has 6 nitrogen and oxygen atoms in total. The number of rotatable bonds is 8. The number of carbonyl (C=O) groups excluding carboxylic acids is 1. The Kier molecular flexibility index (Phi) is 11.8. The van der Waals surface area contributed by atoms with E-state index in [0.29, 0.717) is 12.0 Å². The quantitative estimate of drug-likeness (QED) is 0.282. The number of carbonyl (C=O) groups is 1. The highest BCUT2D eigenvalue weighted by Crippen LogP contribution is 2.25. The zero-order valence-corrected chi connectivity index (χ0v) is 23.2. The highest BCUT2D eigenvalue weighted by Gasteiger charge is 2.26. The maximum absolute atomic E-state index is 12.2. The van der Waals surface area contributed by atoms with Crippen molar-refractivity contribution in [1.82, 2.24) is 15.5 Å². The van der Waals surface area contributed by atoms with Gasteiger partial charge in [-0.05, 0) is 36.5 Å². The Balaban J connectivity index is 0.00000512. The third-order valence-electron chi connectivity index (χ3n) is 5.78. The van der Waals surface area contributed by atoms with Crippen LogP contribution < -0.4 is 15.4 Å². The van der Waals surface area contributed by atoms with Crippen LogP contribution in [-0.4, -0.2) is 56.1 Å². The predicted octanol–water partition coefficient (Wildman–Crippen LogP) is 4.43. The first-order chi connectivity index (χ1) is 14.6. The Hall–Kier alpha value is -1.51. The Morgan fingerprint density at radius 1 is 1.16 bits per heavy atom. The molecule has 182 valence electrons. The van der Waals surface area contributed by atoms with Gasteiger partial charge in [0.2, 0.25) is 5.91 Å². The van der Waals surface area contributed by atoms with E-state index in [1.165, 1.54) is 5.56 Å². The van der Waals surface area contributed by atoms with Gasteiger partial charge in [0, 0.05) is 44.1 Å². The Bertz CT molecular complexity index is 724. The van der Waals surface area contributed by atoms with Crippen LogP contribution in [0.25, 0.3) is 0 Å². The third kappa shape index (κ3) is 8.79. The predicted molar refractivity (Wildman–Crippen MR) is 144 cm³/mol. The van der Waals surface area contributed by atoms with Gasteiger partial charge in [-0.15, -0.1) is 24.0 Å². The number of piperidine rings is 1. The molecule has 1 aliphatic heterocycles. The fraction of sp³-hybridized carbons (Fsp3) is 0.680. The van der Waals surface area contributed by atoms with Crippen molar-refractivity contribution in [3.8, 4) is 5.75 Å². The van der Waals surface area contributed by atoms with Crippen molar-refractivity contribution in [2.24, 2.45) is 16.8 Å². The van der Waals surface area contributed by atoms with Gasteiger partial charge >= 0.3 is 0 Å². The molecule has 32 heavy (non-hydrogen) atoms. The van der Waals surface area contributed by atoms with Crippen molar-refractivity contribution >= 4 is 35.8 Å². The molecule has 0 bridgehead atoms. The zero-order chi connectivity index (χ0) is 23.0. The van der Waals surface area contributed by atoms with Crippen LogP contribution in [0.4, 0.5) is 0 Å². The Morgan fingerprint density at radius 2 is 1.75 bits per heavy atom. The highest BCUT2D eigenvalue weighted by atomic mass is 127. The maximum atomic E-state index is 12.2. The summed E-state index contributed by atoms with van der Waals surface area (Å²) in [6, 6.07) is 8.74. The second-order valence-corrected chi connectivity index (χ2v) is 9.94. The minimum Gasteiger partial charge on any atom is -0.493 e. The Labute approximate surface area is 212 Å². The van der Waals surface area contributed by atoms with Gasteiger partial charge in [0.15, 0.2) is 5.96 Å². The summed E-state index contributed by atoms with van der Waals surface area (Å²) in [6.07, 6.45) is 1.89. The molecular weight excluding hydrogens is 515 g/mol. The van der Waals surface area contributed by atoms with E-state index in [4.69, 9.17) is 4.74 Å². The standard InChI is InChI=1S/C25H42N4O2.HI/c1-18(2)16-31-22-10-8-20(9-11-22)25(5,6)17-27-24(26-7)28-21-12-14-29(15-13-21)23(30)19(3)4;/h8-11,18-19,21H,12-17H2,1-7H3,(H2,26,27,28);1H. The number of benzene rings is 1. The number of likely N-dealkylation sites (tertiary alicyclic amines) is 1. The normalized spacial score (nSPS) is 15.5. The van der Waals surface area contributed by atoms with E-state index in [1.54, 1.807) is 7.05 Å². The molecule has 1 fully saturated rings. The summed E-state index contributed by atoms with van der Waals surface area (Å²) in [7, 11) is 1.81. The molecule has 1 aromatic rings. The molecule has 0 aromatic heterocycles. The van der Waals surface area contributed by atoms with Crippen molar-refractivity contribution in [1.29, 1.82) is 0 Å². The molecule has 2 N–H and O–H groups in total.